The van der Waals surface area contributed by atoms with E-state index in [1.54, 1.807) is 25.1 Å². The van der Waals surface area contributed by atoms with Crippen molar-refractivity contribution >= 4 is 29.2 Å². The number of aliphatic imine (C=N–C) groups is 1. The number of guanidine groups is 1. The van der Waals surface area contributed by atoms with Crippen LogP contribution >= 0.6 is 0 Å². The van der Waals surface area contributed by atoms with E-state index in [1.165, 1.54) is 30.3 Å². The van der Waals surface area contributed by atoms with Crippen molar-refractivity contribution in [2.75, 3.05) is 37.7 Å². The van der Waals surface area contributed by atoms with Gasteiger partial charge in [-0.05, 0) is 24.6 Å². The zero-order valence-corrected chi connectivity index (χ0v) is 18.5. The molecule has 2 heterocycles. The van der Waals surface area contributed by atoms with Crippen LogP contribution in [-0.4, -0.2) is 60.4 Å². The molecule has 1 N–H and O–H groups in total. The minimum Gasteiger partial charge on any atom is -0.465 e. The number of ether oxygens (including phenoxy) is 1. The summed E-state index contributed by atoms with van der Waals surface area (Å²) in [6.07, 6.45) is 0. The second-order valence-electron chi connectivity index (χ2n) is 7.89. The molecule has 1 saturated heterocycles. The van der Waals surface area contributed by atoms with E-state index < -0.39 is 28.8 Å². The molecule has 178 valence electrons. The molecule has 2 aliphatic heterocycles. The Morgan fingerprint density at radius 2 is 1.79 bits per heavy atom. The van der Waals surface area contributed by atoms with E-state index in [2.05, 4.69) is 10.3 Å². The Hall–Kier alpha value is -4.02. The number of carbonyl (C=O) groups excluding carboxylic acids is 2. The van der Waals surface area contributed by atoms with E-state index in [-0.39, 0.29) is 18.1 Å². The molecule has 0 radical (unpaired) electrons. The summed E-state index contributed by atoms with van der Waals surface area (Å²) in [7, 11) is 0. The second-order valence-corrected chi connectivity index (χ2v) is 7.89. The number of carbonyl (C=O) groups is 2. The van der Waals surface area contributed by atoms with Crippen LogP contribution in [-0.2, 0) is 14.3 Å². The highest BCUT2D eigenvalue weighted by Crippen LogP contribution is 2.32. The lowest BCUT2D eigenvalue weighted by molar-refractivity contribution is -0.384. The number of nitro benzene ring substituents is 1. The number of amides is 1. The van der Waals surface area contributed by atoms with Gasteiger partial charge in [0.1, 0.15) is 11.9 Å². The number of esters is 1. The lowest BCUT2D eigenvalue weighted by Gasteiger charge is -2.39. The molecule has 1 fully saturated rings. The summed E-state index contributed by atoms with van der Waals surface area (Å²) in [5.41, 5.74) is 0.897. The van der Waals surface area contributed by atoms with Gasteiger partial charge >= 0.3 is 5.97 Å². The lowest BCUT2D eigenvalue weighted by Crippen LogP contribution is -2.57. The highest BCUT2D eigenvalue weighted by molar-refractivity contribution is 6.08. The van der Waals surface area contributed by atoms with Crippen molar-refractivity contribution in [1.82, 2.24) is 10.2 Å². The maximum Gasteiger partial charge on any atom is 0.321 e. The smallest absolute Gasteiger partial charge is 0.321 e. The summed E-state index contributed by atoms with van der Waals surface area (Å²) in [5.74, 6) is -2.47. The van der Waals surface area contributed by atoms with Crippen LogP contribution in [0.3, 0.4) is 0 Å². The Kier molecular flexibility index (Phi) is 6.71. The van der Waals surface area contributed by atoms with E-state index in [0.29, 0.717) is 43.4 Å². The molecule has 1 amide bonds. The fourth-order valence-corrected chi connectivity index (χ4v) is 4.13. The molecule has 0 aromatic heterocycles. The Morgan fingerprint density at radius 3 is 2.41 bits per heavy atom. The Balaban J connectivity index is 1.58. The summed E-state index contributed by atoms with van der Waals surface area (Å²) in [4.78, 5) is 44.5. The third kappa shape index (κ3) is 4.68. The molecule has 10 nitrogen and oxygen atoms in total. The third-order valence-electron chi connectivity index (χ3n) is 5.85. The summed E-state index contributed by atoms with van der Waals surface area (Å²) in [6, 6.07) is 11.3. The van der Waals surface area contributed by atoms with Crippen molar-refractivity contribution in [2.45, 2.75) is 13.0 Å². The molecule has 2 atom stereocenters. The Morgan fingerprint density at radius 1 is 1.15 bits per heavy atom. The molecule has 2 aromatic rings. The molecule has 0 unspecified atom stereocenters. The zero-order chi connectivity index (χ0) is 24.2. The maximum atomic E-state index is 14.2. The van der Waals surface area contributed by atoms with Gasteiger partial charge in [-0.25, -0.2) is 9.38 Å². The summed E-state index contributed by atoms with van der Waals surface area (Å²) in [5, 5.41) is 13.7. The van der Waals surface area contributed by atoms with Gasteiger partial charge in [0.05, 0.1) is 17.2 Å². The first-order valence-electron chi connectivity index (χ1n) is 10.9. The van der Waals surface area contributed by atoms with Crippen molar-refractivity contribution < 1.29 is 23.6 Å². The molecule has 2 aliphatic rings. The fraction of sp³-hybridized carbons (Fsp3) is 0.348. The number of non-ortho nitro benzene ring substituents is 1. The molecule has 0 aliphatic carbocycles. The molecular formula is C23H24FN5O5. The number of hydrogen-bond donors (Lipinski definition) is 1. The monoisotopic (exact) mass is 469 g/mol. The first-order chi connectivity index (χ1) is 16.4. The summed E-state index contributed by atoms with van der Waals surface area (Å²) in [6.45, 7) is 3.72. The van der Waals surface area contributed by atoms with Crippen molar-refractivity contribution in [1.29, 1.82) is 0 Å². The number of nitrogens with zero attached hydrogens (tertiary/aromatic N) is 4. The van der Waals surface area contributed by atoms with Crippen LogP contribution in [0.4, 0.5) is 15.8 Å². The predicted molar refractivity (Wildman–Crippen MR) is 122 cm³/mol. The standard InChI is InChI=1S/C23H24FN5O5/c1-2-34-22(31)19-20(15-7-9-16(10-8-15)29(32)33)25-23(26-21(19)30)28-13-11-27(12-14-28)18-6-4-3-5-17(18)24/h3-10,19-20H,2,11-14H2,1H3,(H,25,26,30)/t19-,20+/m0/s1. The van der Waals surface area contributed by atoms with Crippen LogP contribution in [0, 0.1) is 21.8 Å². The number of rotatable bonds is 5. The largest absolute Gasteiger partial charge is 0.465 e. The molecule has 0 saturated carbocycles. The number of nitro groups is 1. The van der Waals surface area contributed by atoms with Gasteiger partial charge in [0.25, 0.3) is 5.69 Å². The number of anilines is 1. The minimum absolute atomic E-state index is 0.101. The van der Waals surface area contributed by atoms with E-state index in [1.807, 2.05) is 9.80 Å². The van der Waals surface area contributed by atoms with Crippen molar-refractivity contribution in [3.05, 3.63) is 70.0 Å². The Labute approximate surface area is 195 Å². The molecule has 2 aromatic carbocycles. The number of halogens is 1. The number of piperazine rings is 1. The van der Waals surface area contributed by atoms with Crippen molar-refractivity contribution in [2.24, 2.45) is 10.9 Å². The van der Waals surface area contributed by atoms with E-state index in [9.17, 15) is 24.1 Å². The van der Waals surface area contributed by atoms with Crippen LogP contribution < -0.4 is 10.2 Å². The van der Waals surface area contributed by atoms with Crippen LogP contribution in [0.1, 0.15) is 18.5 Å². The summed E-state index contributed by atoms with van der Waals surface area (Å²) < 4.78 is 19.2. The molecule has 11 heteroatoms. The molecule has 0 spiro atoms. The highest BCUT2D eigenvalue weighted by Gasteiger charge is 2.42. The van der Waals surface area contributed by atoms with Crippen LogP contribution in [0.15, 0.2) is 53.5 Å². The normalized spacial score (nSPS) is 20.4. The van der Waals surface area contributed by atoms with Gasteiger partial charge in [0, 0.05) is 38.3 Å². The van der Waals surface area contributed by atoms with Gasteiger partial charge in [-0.15, -0.1) is 0 Å². The van der Waals surface area contributed by atoms with Crippen LogP contribution in [0.25, 0.3) is 0 Å². The Bertz CT molecular complexity index is 1110. The van der Waals surface area contributed by atoms with Gasteiger partial charge < -0.3 is 14.5 Å². The molecular weight excluding hydrogens is 445 g/mol. The quantitative estimate of drug-likeness (QED) is 0.309. The molecule has 4 rings (SSSR count). The van der Waals surface area contributed by atoms with E-state index in [4.69, 9.17) is 4.74 Å². The van der Waals surface area contributed by atoms with Gasteiger partial charge in [0.15, 0.2) is 5.92 Å². The summed E-state index contributed by atoms with van der Waals surface area (Å²) >= 11 is 0. The predicted octanol–water partition coefficient (Wildman–Crippen LogP) is 2.26. The van der Waals surface area contributed by atoms with E-state index in [0.717, 1.165) is 0 Å². The van der Waals surface area contributed by atoms with Gasteiger partial charge in [0.2, 0.25) is 11.9 Å². The molecule has 34 heavy (non-hydrogen) atoms. The highest BCUT2D eigenvalue weighted by atomic mass is 19.1. The van der Waals surface area contributed by atoms with Crippen LogP contribution in [0.5, 0.6) is 0 Å². The minimum atomic E-state index is -1.22. The zero-order valence-electron chi connectivity index (χ0n) is 18.5. The van der Waals surface area contributed by atoms with Gasteiger partial charge in [-0.2, -0.15) is 0 Å². The molecule has 0 bridgehead atoms. The fourth-order valence-electron chi connectivity index (χ4n) is 4.13. The number of benzene rings is 2. The topological polar surface area (TPSA) is 117 Å². The van der Waals surface area contributed by atoms with E-state index >= 15 is 0 Å². The third-order valence-corrected chi connectivity index (χ3v) is 5.85. The number of nitrogens with one attached hydrogen (secondary N) is 1. The SMILES string of the molecule is CCOC(=O)[C@@H]1C(=O)NC(N2CCN(c3ccccc3F)CC2)=N[C@@H]1c1ccc([N+](=O)[O-])cc1. The van der Waals surface area contributed by atoms with Crippen molar-refractivity contribution in [3.8, 4) is 0 Å². The van der Waals surface area contributed by atoms with Gasteiger partial charge in [-0.3, -0.25) is 25.0 Å². The van der Waals surface area contributed by atoms with Gasteiger partial charge in [-0.1, -0.05) is 24.3 Å². The average Bonchev–Trinajstić information content (AvgIpc) is 2.84. The maximum absolute atomic E-state index is 14.2. The average molecular weight is 469 g/mol. The number of para-hydroxylation sites is 1. The second kappa shape index (κ2) is 9.86. The first kappa shape index (κ1) is 23.1. The first-order valence-corrected chi connectivity index (χ1v) is 10.9. The van der Waals surface area contributed by atoms with Crippen molar-refractivity contribution in [3.63, 3.8) is 0 Å². The number of hydrogen-bond acceptors (Lipinski definition) is 8. The lowest BCUT2D eigenvalue weighted by atomic mass is 9.91. The van der Waals surface area contributed by atoms with Crippen LogP contribution in [0.2, 0.25) is 0 Å².